The first-order chi connectivity index (χ1) is 7.75. The van der Waals surface area contributed by atoms with Gasteiger partial charge >= 0.3 is 0 Å². The number of aromatic nitrogens is 1. The van der Waals surface area contributed by atoms with Crippen molar-refractivity contribution < 1.29 is 4.74 Å². The molecule has 0 N–H and O–H groups in total. The maximum Gasteiger partial charge on any atom is 0.122 e. The first-order valence-electron chi connectivity index (χ1n) is 5.34. The second kappa shape index (κ2) is 4.79. The lowest BCUT2D eigenvalue weighted by Gasteiger charge is -2.09. The van der Waals surface area contributed by atoms with E-state index in [1.54, 1.807) is 6.20 Å². The molecule has 2 heteroatoms. The van der Waals surface area contributed by atoms with E-state index < -0.39 is 0 Å². The zero-order valence-corrected chi connectivity index (χ0v) is 9.60. The highest BCUT2D eigenvalue weighted by Gasteiger charge is 2.00. The third-order valence-corrected chi connectivity index (χ3v) is 2.45. The van der Waals surface area contributed by atoms with Crippen molar-refractivity contribution in [3.05, 3.63) is 59.4 Å². The number of pyridine rings is 1. The minimum absolute atomic E-state index is 0.567. The Kier molecular flexibility index (Phi) is 3.20. The minimum Gasteiger partial charge on any atom is -0.489 e. The van der Waals surface area contributed by atoms with E-state index >= 15 is 0 Å². The molecular formula is C14H15NO. The van der Waals surface area contributed by atoms with Crippen LogP contribution in [0, 0.1) is 13.8 Å². The van der Waals surface area contributed by atoms with Gasteiger partial charge in [0.2, 0.25) is 0 Å². The summed E-state index contributed by atoms with van der Waals surface area (Å²) in [6.45, 7) is 4.71. The highest BCUT2D eigenvalue weighted by atomic mass is 16.5. The standard InChI is InChI=1S/C14H15NO/c1-11-5-6-14(12(2)8-11)16-10-13-4-3-7-15-9-13/h3-9H,10H2,1-2H3. The van der Waals surface area contributed by atoms with Gasteiger partial charge in [0.1, 0.15) is 12.4 Å². The molecule has 2 nitrogen and oxygen atoms in total. The fourth-order valence-corrected chi connectivity index (χ4v) is 1.61. The van der Waals surface area contributed by atoms with Gasteiger partial charge < -0.3 is 4.74 Å². The molecule has 0 unspecified atom stereocenters. The van der Waals surface area contributed by atoms with Gasteiger partial charge in [0.15, 0.2) is 0 Å². The van der Waals surface area contributed by atoms with E-state index in [0.717, 1.165) is 11.3 Å². The van der Waals surface area contributed by atoms with Gasteiger partial charge in [0.05, 0.1) is 0 Å². The maximum atomic E-state index is 5.74. The van der Waals surface area contributed by atoms with Crippen molar-refractivity contribution in [2.24, 2.45) is 0 Å². The van der Waals surface area contributed by atoms with Crippen molar-refractivity contribution >= 4 is 0 Å². The Morgan fingerprint density at radius 2 is 2.06 bits per heavy atom. The molecule has 0 saturated heterocycles. The second-order valence-corrected chi connectivity index (χ2v) is 3.92. The van der Waals surface area contributed by atoms with Gasteiger partial charge in [0.25, 0.3) is 0 Å². The largest absolute Gasteiger partial charge is 0.489 e. The van der Waals surface area contributed by atoms with E-state index in [0.29, 0.717) is 6.61 Å². The first kappa shape index (κ1) is 10.7. The van der Waals surface area contributed by atoms with E-state index in [1.807, 2.05) is 24.4 Å². The molecule has 0 bridgehead atoms. The topological polar surface area (TPSA) is 22.1 Å². The average molecular weight is 213 g/mol. The molecule has 0 fully saturated rings. The van der Waals surface area contributed by atoms with Crippen molar-refractivity contribution in [1.82, 2.24) is 4.98 Å². The monoisotopic (exact) mass is 213 g/mol. The van der Waals surface area contributed by atoms with Crippen LogP contribution in [0.3, 0.4) is 0 Å². The Morgan fingerprint density at radius 1 is 1.19 bits per heavy atom. The van der Waals surface area contributed by atoms with Crippen molar-refractivity contribution in [2.45, 2.75) is 20.5 Å². The van der Waals surface area contributed by atoms with Crippen molar-refractivity contribution in [3.8, 4) is 5.75 Å². The first-order valence-corrected chi connectivity index (χ1v) is 5.34. The molecule has 2 rings (SSSR count). The Morgan fingerprint density at radius 3 is 2.75 bits per heavy atom. The highest BCUT2D eigenvalue weighted by Crippen LogP contribution is 2.19. The van der Waals surface area contributed by atoms with Gasteiger partial charge in [-0.05, 0) is 31.5 Å². The Hall–Kier alpha value is -1.83. The minimum atomic E-state index is 0.567. The molecule has 16 heavy (non-hydrogen) atoms. The fraction of sp³-hybridized carbons (Fsp3) is 0.214. The van der Waals surface area contributed by atoms with Crippen LogP contribution in [0.25, 0.3) is 0 Å². The summed E-state index contributed by atoms with van der Waals surface area (Å²) in [5.41, 5.74) is 3.51. The Bertz CT molecular complexity index is 465. The molecule has 0 aliphatic carbocycles. The fourth-order valence-electron chi connectivity index (χ4n) is 1.61. The molecule has 1 heterocycles. The molecule has 0 atom stereocenters. The lowest BCUT2D eigenvalue weighted by Crippen LogP contribution is -1.97. The van der Waals surface area contributed by atoms with Crippen LogP contribution in [0.5, 0.6) is 5.75 Å². The second-order valence-electron chi connectivity index (χ2n) is 3.92. The number of benzene rings is 1. The van der Waals surface area contributed by atoms with Crippen molar-refractivity contribution in [3.63, 3.8) is 0 Å². The normalized spacial score (nSPS) is 10.1. The van der Waals surface area contributed by atoms with E-state index in [9.17, 15) is 0 Å². The summed E-state index contributed by atoms with van der Waals surface area (Å²) < 4.78 is 5.74. The number of ether oxygens (including phenoxy) is 1. The number of hydrogen-bond donors (Lipinski definition) is 0. The summed E-state index contributed by atoms with van der Waals surface area (Å²) in [7, 11) is 0. The lowest BCUT2D eigenvalue weighted by molar-refractivity contribution is 0.303. The molecule has 0 radical (unpaired) electrons. The highest BCUT2D eigenvalue weighted by molar-refractivity contribution is 5.35. The number of nitrogens with zero attached hydrogens (tertiary/aromatic N) is 1. The van der Waals surface area contributed by atoms with Gasteiger partial charge in [-0.3, -0.25) is 4.98 Å². The summed E-state index contributed by atoms with van der Waals surface area (Å²) in [4.78, 5) is 4.05. The predicted molar refractivity (Wildman–Crippen MR) is 64.5 cm³/mol. The smallest absolute Gasteiger partial charge is 0.122 e. The molecule has 0 aliphatic rings. The zero-order valence-electron chi connectivity index (χ0n) is 9.60. The van der Waals surface area contributed by atoms with Crippen LogP contribution in [0.2, 0.25) is 0 Å². The molecule has 82 valence electrons. The van der Waals surface area contributed by atoms with Crippen LogP contribution in [-0.4, -0.2) is 4.98 Å². The van der Waals surface area contributed by atoms with E-state index in [1.165, 1.54) is 11.1 Å². The van der Waals surface area contributed by atoms with Gasteiger partial charge in [-0.25, -0.2) is 0 Å². The van der Waals surface area contributed by atoms with Crippen molar-refractivity contribution in [1.29, 1.82) is 0 Å². The molecule has 0 spiro atoms. The lowest BCUT2D eigenvalue weighted by atomic mass is 10.1. The van der Waals surface area contributed by atoms with Gasteiger partial charge in [-0.15, -0.1) is 0 Å². The average Bonchev–Trinajstić information content (AvgIpc) is 2.29. The van der Waals surface area contributed by atoms with Crippen LogP contribution in [0.1, 0.15) is 16.7 Å². The third kappa shape index (κ3) is 2.60. The van der Waals surface area contributed by atoms with E-state index in [4.69, 9.17) is 4.74 Å². The zero-order chi connectivity index (χ0) is 11.4. The quantitative estimate of drug-likeness (QED) is 0.780. The molecule has 0 saturated carbocycles. The van der Waals surface area contributed by atoms with Crippen LogP contribution in [0.15, 0.2) is 42.7 Å². The molecule has 0 aliphatic heterocycles. The van der Waals surface area contributed by atoms with E-state index in [-0.39, 0.29) is 0 Å². The van der Waals surface area contributed by atoms with Crippen molar-refractivity contribution in [2.75, 3.05) is 0 Å². The molecule has 2 aromatic rings. The number of aryl methyl sites for hydroxylation is 2. The van der Waals surface area contributed by atoms with E-state index in [2.05, 4.69) is 31.0 Å². The molecule has 0 amide bonds. The summed E-state index contributed by atoms with van der Waals surface area (Å²) >= 11 is 0. The number of hydrogen-bond acceptors (Lipinski definition) is 2. The van der Waals surface area contributed by atoms with Crippen LogP contribution < -0.4 is 4.74 Å². The van der Waals surface area contributed by atoms with Crippen LogP contribution in [0.4, 0.5) is 0 Å². The summed E-state index contributed by atoms with van der Waals surface area (Å²) in [6, 6.07) is 10.1. The molecule has 1 aromatic carbocycles. The summed E-state index contributed by atoms with van der Waals surface area (Å²) in [5, 5.41) is 0. The van der Waals surface area contributed by atoms with Crippen LogP contribution in [-0.2, 0) is 6.61 Å². The summed E-state index contributed by atoms with van der Waals surface area (Å²) in [5.74, 6) is 0.939. The van der Waals surface area contributed by atoms with Gasteiger partial charge in [0, 0.05) is 18.0 Å². The predicted octanol–water partition coefficient (Wildman–Crippen LogP) is 3.28. The third-order valence-electron chi connectivity index (χ3n) is 2.45. The van der Waals surface area contributed by atoms with Crippen LogP contribution >= 0.6 is 0 Å². The Balaban J connectivity index is 2.05. The number of rotatable bonds is 3. The van der Waals surface area contributed by atoms with Gasteiger partial charge in [-0.2, -0.15) is 0 Å². The maximum absolute atomic E-state index is 5.74. The molecular weight excluding hydrogens is 198 g/mol. The SMILES string of the molecule is Cc1ccc(OCc2cccnc2)c(C)c1. The van der Waals surface area contributed by atoms with Gasteiger partial charge in [-0.1, -0.05) is 23.8 Å². The Labute approximate surface area is 95.9 Å². The molecule has 1 aromatic heterocycles. The summed E-state index contributed by atoms with van der Waals surface area (Å²) in [6.07, 6.45) is 3.59.